The summed E-state index contributed by atoms with van der Waals surface area (Å²) in [5, 5.41) is 5.91. The Bertz CT molecular complexity index is 1130. The fourth-order valence-electron chi connectivity index (χ4n) is 3.13. The zero-order valence-electron chi connectivity index (χ0n) is 15.3. The van der Waals surface area contributed by atoms with Gasteiger partial charge in [-0.25, -0.2) is 4.79 Å². The highest BCUT2D eigenvalue weighted by atomic mass is 16.5. The van der Waals surface area contributed by atoms with Crippen molar-refractivity contribution in [2.45, 2.75) is 13.0 Å². The molecular weight excluding hydrogens is 354 g/mol. The minimum Gasteiger partial charge on any atom is -0.450 e. The average Bonchev–Trinajstić information content (AvgIpc) is 3.16. The predicted octanol–water partition coefficient (Wildman–Crippen LogP) is 4.62. The van der Waals surface area contributed by atoms with Crippen molar-refractivity contribution in [3.63, 3.8) is 0 Å². The quantitative estimate of drug-likeness (QED) is 0.518. The summed E-state index contributed by atoms with van der Waals surface area (Å²) in [6.07, 6.45) is 0. The van der Waals surface area contributed by atoms with Crippen LogP contribution in [0.5, 0.6) is 0 Å². The van der Waals surface area contributed by atoms with Crippen LogP contribution in [0.3, 0.4) is 0 Å². The van der Waals surface area contributed by atoms with Gasteiger partial charge in [0.2, 0.25) is 5.76 Å². The van der Waals surface area contributed by atoms with Gasteiger partial charge in [-0.3, -0.25) is 4.79 Å². The molecule has 1 unspecified atom stereocenters. The standard InChI is InChI=1S/C23H19NO4/c1-15(17-11-10-16-6-2-3-7-18(16)12-17)24-22(25)14-27-23(26)21-13-19-8-4-5-9-20(19)28-21/h2-13,15H,14H2,1H3,(H,24,25). The number of benzene rings is 3. The Morgan fingerprint density at radius 1 is 0.929 bits per heavy atom. The molecule has 0 saturated heterocycles. The second kappa shape index (κ2) is 7.56. The van der Waals surface area contributed by atoms with Gasteiger partial charge in [-0.05, 0) is 41.5 Å². The molecule has 0 aliphatic heterocycles. The van der Waals surface area contributed by atoms with Crippen molar-refractivity contribution in [1.82, 2.24) is 5.32 Å². The Morgan fingerprint density at radius 2 is 1.64 bits per heavy atom. The molecule has 1 amide bonds. The number of rotatable bonds is 5. The number of furan rings is 1. The van der Waals surface area contributed by atoms with E-state index in [4.69, 9.17) is 9.15 Å². The van der Waals surface area contributed by atoms with Crippen LogP contribution in [0.1, 0.15) is 29.1 Å². The van der Waals surface area contributed by atoms with Crippen molar-refractivity contribution in [2.24, 2.45) is 0 Å². The van der Waals surface area contributed by atoms with E-state index in [-0.39, 0.29) is 24.3 Å². The van der Waals surface area contributed by atoms with E-state index in [1.54, 1.807) is 12.1 Å². The summed E-state index contributed by atoms with van der Waals surface area (Å²) < 4.78 is 10.5. The third-order valence-electron chi connectivity index (χ3n) is 4.61. The molecule has 0 aliphatic carbocycles. The van der Waals surface area contributed by atoms with Crippen molar-refractivity contribution in [3.8, 4) is 0 Å². The minimum absolute atomic E-state index is 0.0802. The molecule has 0 radical (unpaired) electrons. The lowest BCUT2D eigenvalue weighted by atomic mass is 10.0. The molecule has 0 saturated carbocycles. The third kappa shape index (κ3) is 3.74. The van der Waals surface area contributed by atoms with Crippen LogP contribution >= 0.6 is 0 Å². The number of fused-ring (bicyclic) bond motifs is 2. The highest BCUT2D eigenvalue weighted by molar-refractivity contribution is 5.93. The van der Waals surface area contributed by atoms with Crippen molar-refractivity contribution >= 4 is 33.6 Å². The largest absolute Gasteiger partial charge is 0.450 e. The van der Waals surface area contributed by atoms with Gasteiger partial charge in [-0.2, -0.15) is 0 Å². The van der Waals surface area contributed by atoms with Gasteiger partial charge in [0.15, 0.2) is 6.61 Å². The molecule has 0 aliphatic rings. The molecule has 5 nitrogen and oxygen atoms in total. The molecule has 1 aromatic heterocycles. The first-order valence-corrected chi connectivity index (χ1v) is 9.04. The molecule has 1 atom stereocenters. The highest BCUT2D eigenvalue weighted by Gasteiger charge is 2.16. The molecule has 1 heterocycles. The van der Waals surface area contributed by atoms with E-state index in [9.17, 15) is 9.59 Å². The summed E-state index contributed by atoms with van der Waals surface area (Å²) >= 11 is 0. The third-order valence-corrected chi connectivity index (χ3v) is 4.61. The van der Waals surface area contributed by atoms with Crippen LogP contribution in [-0.2, 0) is 9.53 Å². The van der Waals surface area contributed by atoms with E-state index in [1.807, 2.05) is 67.6 Å². The maximum absolute atomic E-state index is 12.2. The van der Waals surface area contributed by atoms with Crippen molar-refractivity contribution in [2.75, 3.05) is 6.61 Å². The zero-order valence-corrected chi connectivity index (χ0v) is 15.3. The van der Waals surface area contributed by atoms with Gasteiger partial charge in [0.05, 0.1) is 6.04 Å². The first kappa shape index (κ1) is 17.8. The maximum Gasteiger partial charge on any atom is 0.374 e. The van der Waals surface area contributed by atoms with Crippen molar-refractivity contribution in [1.29, 1.82) is 0 Å². The van der Waals surface area contributed by atoms with E-state index in [0.29, 0.717) is 5.58 Å². The van der Waals surface area contributed by atoms with Crippen molar-refractivity contribution < 1.29 is 18.7 Å². The van der Waals surface area contributed by atoms with Crippen LogP contribution in [-0.4, -0.2) is 18.5 Å². The molecule has 0 fully saturated rings. The number of nitrogens with one attached hydrogen (secondary N) is 1. The van der Waals surface area contributed by atoms with E-state index in [1.165, 1.54) is 0 Å². The van der Waals surface area contributed by atoms with Crippen LogP contribution in [0, 0.1) is 0 Å². The molecule has 0 spiro atoms. The van der Waals surface area contributed by atoms with Crippen molar-refractivity contribution in [3.05, 3.63) is 84.1 Å². The van der Waals surface area contributed by atoms with E-state index in [2.05, 4.69) is 5.32 Å². The smallest absolute Gasteiger partial charge is 0.374 e. The summed E-state index contributed by atoms with van der Waals surface area (Å²) in [5.74, 6) is -0.952. The number of esters is 1. The van der Waals surface area contributed by atoms with E-state index in [0.717, 1.165) is 21.7 Å². The summed E-state index contributed by atoms with van der Waals surface area (Å²) in [6.45, 7) is 1.52. The number of carbonyl (C=O) groups excluding carboxylic acids is 2. The van der Waals surface area contributed by atoms with Gasteiger partial charge in [0.25, 0.3) is 5.91 Å². The molecular formula is C23H19NO4. The van der Waals surface area contributed by atoms with Gasteiger partial charge in [-0.15, -0.1) is 0 Å². The molecule has 4 rings (SSSR count). The fraction of sp³-hybridized carbons (Fsp3) is 0.130. The van der Waals surface area contributed by atoms with Crippen LogP contribution < -0.4 is 5.32 Å². The number of ether oxygens (including phenoxy) is 1. The molecule has 1 N–H and O–H groups in total. The minimum atomic E-state index is -0.662. The number of para-hydroxylation sites is 1. The van der Waals surface area contributed by atoms with Crippen LogP contribution in [0.4, 0.5) is 0 Å². The SMILES string of the molecule is CC(NC(=O)COC(=O)c1cc2ccccc2o1)c1ccc2ccccc2c1. The molecule has 4 aromatic rings. The second-order valence-electron chi connectivity index (χ2n) is 6.62. The summed E-state index contributed by atoms with van der Waals surface area (Å²) in [6, 6.07) is 22.8. The summed E-state index contributed by atoms with van der Waals surface area (Å²) in [7, 11) is 0. The Hall–Kier alpha value is -3.60. The lowest BCUT2D eigenvalue weighted by Crippen LogP contribution is -2.31. The lowest BCUT2D eigenvalue weighted by Gasteiger charge is -2.15. The molecule has 140 valence electrons. The normalized spacial score (nSPS) is 12.0. The van der Waals surface area contributed by atoms with Gasteiger partial charge in [-0.1, -0.05) is 54.6 Å². The van der Waals surface area contributed by atoms with E-state index < -0.39 is 5.97 Å². The van der Waals surface area contributed by atoms with Gasteiger partial charge in [0, 0.05) is 5.39 Å². The van der Waals surface area contributed by atoms with Gasteiger partial charge >= 0.3 is 5.97 Å². The Balaban J connectivity index is 1.35. The number of amides is 1. The summed E-state index contributed by atoms with van der Waals surface area (Å²) in [5.41, 5.74) is 1.58. The van der Waals surface area contributed by atoms with Gasteiger partial charge in [0.1, 0.15) is 5.58 Å². The van der Waals surface area contributed by atoms with Gasteiger partial charge < -0.3 is 14.5 Å². The number of hydrogen-bond acceptors (Lipinski definition) is 4. The highest BCUT2D eigenvalue weighted by Crippen LogP contribution is 2.21. The zero-order chi connectivity index (χ0) is 19.5. The maximum atomic E-state index is 12.2. The first-order valence-electron chi connectivity index (χ1n) is 9.04. The second-order valence-corrected chi connectivity index (χ2v) is 6.62. The predicted molar refractivity (Wildman–Crippen MR) is 107 cm³/mol. The molecule has 5 heteroatoms. The topological polar surface area (TPSA) is 68.5 Å². The Kier molecular flexibility index (Phi) is 4.81. The molecule has 28 heavy (non-hydrogen) atoms. The number of carbonyl (C=O) groups is 2. The van der Waals surface area contributed by atoms with Crippen LogP contribution in [0.2, 0.25) is 0 Å². The molecule has 3 aromatic carbocycles. The number of hydrogen-bond donors (Lipinski definition) is 1. The first-order chi connectivity index (χ1) is 13.6. The summed E-state index contributed by atoms with van der Waals surface area (Å²) in [4.78, 5) is 24.3. The Morgan fingerprint density at radius 3 is 2.43 bits per heavy atom. The van der Waals surface area contributed by atoms with Crippen LogP contribution in [0.15, 0.2) is 77.2 Å². The Labute approximate surface area is 161 Å². The molecule has 0 bridgehead atoms. The van der Waals surface area contributed by atoms with Crippen LogP contribution in [0.25, 0.3) is 21.7 Å². The lowest BCUT2D eigenvalue weighted by molar-refractivity contribution is -0.124. The van der Waals surface area contributed by atoms with E-state index >= 15 is 0 Å². The average molecular weight is 373 g/mol. The monoisotopic (exact) mass is 373 g/mol. The fourth-order valence-corrected chi connectivity index (χ4v) is 3.13.